The molecule has 0 unspecified atom stereocenters. The molecule has 1 aliphatic rings. The standard InChI is InChI=1S/C18H19N5O2/c1-12-16-20-15(18(25)21(2)3)11-22(16)7-8-23(12)17(24)14-6-4-5-13(9-14)10-19/h4-6,9,11-12H,7-8H2,1-3H3/t12-/m1/s1. The second-order valence-electron chi connectivity index (χ2n) is 6.24. The van der Waals surface area contributed by atoms with Crippen molar-refractivity contribution in [3.8, 4) is 6.07 Å². The number of nitriles is 1. The number of carbonyl (C=O) groups is 2. The van der Waals surface area contributed by atoms with Gasteiger partial charge in [-0.2, -0.15) is 5.26 Å². The number of carbonyl (C=O) groups excluding carboxylic acids is 2. The fourth-order valence-electron chi connectivity index (χ4n) is 2.99. The van der Waals surface area contributed by atoms with Crippen molar-refractivity contribution < 1.29 is 9.59 Å². The predicted octanol–water partition coefficient (Wildman–Crippen LogP) is 1.67. The molecule has 0 aliphatic carbocycles. The Morgan fingerprint density at radius 2 is 2.08 bits per heavy atom. The number of hydrogen-bond acceptors (Lipinski definition) is 4. The Kier molecular flexibility index (Phi) is 4.28. The molecule has 0 saturated carbocycles. The van der Waals surface area contributed by atoms with Crippen molar-refractivity contribution in [2.45, 2.75) is 19.5 Å². The quantitative estimate of drug-likeness (QED) is 0.835. The molecule has 0 fully saturated rings. The van der Waals surface area contributed by atoms with Crippen molar-refractivity contribution in [3.05, 3.63) is 53.1 Å². The van der Waals surface area contributed by atoms with Gasteiger partial charge in [0, 0.05) is 38.9 Å². The van der Waals surface area contributed by atoms with E-state index in [1.165, 1.54) is 4.90 Å². The van der Waals surface area contributed by atoms with Crippen LogP contribution in [0.4, 0.5) is 0 Å². The van der Waals surface area contributed by atoms with Crippen LogP contribution in [-0.4, -0.2) is 51.8 Å². The zero-order valence-electron chi connectivity index (χ0n) is 14.4. The molecular formula is C18H19N5O2. The summed E-state index contributed by atoms with van der Waals surface area (Å²) in [5.74, 6) is 0.397. The summed E-state index contributed by atoms with van der Waals surface area (Å²) in [5, 5.41) is 9.01. The zero-order valence-corrected chi connectivity index (χ0v) is 14.4. The van der Waals surface area contributed by atoms with Gasteiger partial charge >= 0.3 is 0 Å². The minimum absolute atomic E-state index is 0.140. The average molecular weight is 337 g/mol. The van der Waals surface area contributed by atoms with E-state index in [1.807, 2.05) is 17.6 Å². The summed E-state index contributed by atoms with van der Waals surface area (Å²) in [6, 6.07) is 8.47. The van der Waals surface area contributed by atoms with Gasteiger partial charge in [-0.05, 0) is 25.1 Å². The average Bonchev–Trinajstić information content (AvgIpc) is 3.06. The summed E-state index contributed by atoms with van der Waals surface area (Å²) in [6.07, 6.45) is 1.74. The summed E-state index contributed by atoms with van der Waals surface area (Å²) < 4.78 is 1.93. The highest BCUT2D eigenvalue weighted by molar-refractivity contribution is 5.95. The Morgan fingerprint density at radius 3 is 2.76 bits per heavy atom. The Bertz CT molecular complexity index is 878. The number of rotatable bonds is 2. The van der Waals surface area contributed by atoms with Gasteiger partial charge in [0.25, 0.3) is 11.8 Å². The minimum Gasteiger partial charge on any atom is -0.343 e. The van der Waals surface area contributed by atoms with Crippen LogP contribution >= 0.6 is 0 Å². The smallest absolute Gasteiger partial charge is 0.273 e. The number of amides is 2. The van der Waals surface area contributed by atoms with E-state index < -0.39 is 0 Å². The van der Waals surface area contributed by atoms with Crippen molar-refractivity contribution in [2.75, 3.05) is 20.6 Å². The molecule has 1 aromatic carbocycles. The van der Waals surface area contributed by atoms with E-state index in [2.05, 4.69) is 4.98 Å². The van der Waals surface area contributed by atoms with Crippen LogP contribution in [0.1, 0.15) is 45.2 Å². The summed E-state index contributed by atoms with van der Waals surface area (Å²) in [5.41, 5.74) is 1.32. The summed E-state index contributed by atoms with van der Waals surface area (Å²) >= 11 is 0. The lowest BCUT2D eigenvalue weighted by Gasteiger charge is -2.33. The monoisotopic (exact) mass is 337 g/mol. The Morgan fingerprint density at radius 1 is 1.32 bits per heavy atom. The van der Waals surface area contributed by atoms with Gasteiger partial charge in [0.2, 0.25) is 0 Å². The highest BCUT2D eigenvalue weighted by atomic mass is 16.2. The third kappa shape index (κ3) is 2.98. The Labute approximate surface area is 146 Å². The van der Waals surface area contributed by atoms with Crippen LogP contribution in [0.3, 0.4) is 0 Å². The van der Waals surface area contributed by atoms with Crippen LogP contribution in [0, 0.1) is 11.3 Å². The van der Waals surface area contributed by atoms with E-state index >= 15 is 0 Å². The first kappa shape index (κ1) is 16.7. The number of hydrogen-bond donors (Lipinski definition) is 0. The fraction of sp³-hybridized carbons (Fsp3) is 0.333. The second-order valence-corrected chi connectivity index (χ2v) is 6.24. The molecule has 7 heteroatoms. The fourth-order valence-corrected chi connectivity index (χ4v) is 2.99. The SMILES string of the molecule is C[C@@H]1c2nc(C(=O)N(C)C)cn2CCN1C(=O)c1cccc(C#N)c1. The molecule has 0 bridgehead atoms. The third-order valence-corrected chi connectivity index (χ3v) is 4.36. The van der Waals surface area contributed by atoms with Crippen molar-refractivity contribution in [3.63, 3.8) is 0 Å². The maximum absolute atomic E-state index is 12.8. The van der Waals surface area contributed by atoms with Gasteiger partial charge in [0.15, 0.2) is 0 Å². The summed E-state index contributed by atoms with van der Waals surface area (Å²) in [6.45, 7) is 3.00. The molecule has 3 rings (SSSR count). The van der Waals surface area contributed by atoms with Crippen LogP contribution < -0.4 is 0 Å². The van der Waals surface area contributed by atoms with Gasteiger partial charge < -0.3 is 14.4 Å². The number of aromatic nitrogens is 2. The molecule has 0 N–H and O–H groups in total. The first-order valence-corrected chi connectivity index (χ1v) is 8.02. The number of fused-ring (bicyclic) bond motifs is 1. The van der Waals surface area contributed by atoms with E-state index in [0.29, 0.717) is 35.7 Å². The molecule has 2 heterocycles. The number of nitrogens with zero attached hydrogens (tertiary/aromatic N) is 5. The normalized spacial score (nSPS) is 16.1. The van der Waals surface area contributed by atoms with Gasteiger partial charge in [-0.3, -0.25) is 9.59 Å². The van der Waals surface area contributed by atoms with E-state index in [9.17, 15) is 9.59 Å². The number of imidazole rings is 1. The van der Waals surface area contributed by atoms with E-state index in [-0.39, 0.29) is 17.9 Å². The van der Waals surface area contributed by atoms with Gasteiger partial charge in [0.05, 0.1) is 17.7 Å². The van der Waals surface area contributed by atoms with Gasteiger partial charge in [-0.25, -0.2) is 4.98 Å². The van der Waals surface area contributed by atoms with Crippen molar-refractivity contribution in [2.24, 2.45) is 0 Å². The summed E-state index contributed by atoms with van der Waals surface area (Å²) in [4.78, 5) is 32.6. The van der Waals surface area contributed by atoms with Gasteiger partial charge in [0.1, 0.15) is 11.5 Å². The molecule has 1 atom stereocenters. The molecule has 7 nitrogen and oxygen atoms in total. The number of benzene rings is 1. The maximum Gasteiger partial charge on any atom is 0.273 e. The highest BCUT2D eigenvalue weighted by Gasteiger charge is 2.31. The molecule has 2 aromatic rings. The molecule has 2 amide bonds. The van der Waals surface area contributed by atoms with Gasteiger partial charge in [-0.1, -0.05) is 6.07 Å². The van der Waals surface area contributed by atoms with Crippen LogP contribution in [0.25, 0.3) is 0 Å². The lowest BCUT2D eigenvalue weighted by Crippen LogP contribution is -2.41. The Hall–Kier alpha value is -3.14. The van der Waals surface area contributed by atoms with E-state index in [0.717, 1.165) is 0 Å². The molecule has 0 spiro atoms. The molecule has 128 valence electrons. The lowest BCUT2D eigenvalue weighted by molar-refractivity contribution is 0.0638. The van der Waals surface area contributed by atoms with Crippen molar-refractivity contribution in [1.29, 1.82) is 5.26 Å². The van der Waals surface area contributed by atoms with Crippen LogP contribution in [0.5, 0.6) is 0 Å². The van der Waals surface area contributed by atoms with Gasteiger partial charge in [-0.15, -0.1) is 0 Å². The molecular weight excluding hydrogens is 318 g/mol. The largest absolute Gasteiger partial charge is 0.343 e. The maximum atomic E-state index is 12.8. The topological polar surface area (TPSA) is 82.2 Å². The molecule has 25 heavy (non-hydrogen) atoms. The van der Waals surface area contributed by atoms with E-state index in [1.54, 1.807) is 49.5 Å². The first-order chi connectivity index (χ1) is 11.9. The van der Waals surface area contributed by atoms with Crippen molar-refractivity contribution in [1.82, 2.24) is 19.4 Å². The zero-order chi connectivity index (χ0) is 18.1. The van der Waals surface area contributed by atoms with Crippen LogP contribution in [0.2, 0.25) is 0 Å². The third-order valence-electron chi connectivity index (χ3n) is 4.36. The Balaban J connectivity index is 1.88. The highest BCUT2D eigenvalue weighted by Crippen LogP contribution is 2.26. The van der Waals surface area contributed by atoms with Crippen LogP contribution in [0.15, 0.2) is 30.5 Å². The first-order valence-electron chi connectivity index (χ1n) is 8.02. The molecule has 1 aliphatic heterocycles. The van der Waals surface area contributed by atoms with Crippen LogP contribution in [-0.2, 0) is 6.54 Å². The molecule has 0 radical (unpaired) electrons. The molecule has 0 saturated heterocycles. The molecule has 1 aromatic heterocycles. The predicted molar refractivity (Wildman–Crippen MR) is 90.9 cm³/mol. The lowest BCUT2D eigenvalue weighted by atomic mass is 10.1. The van der Waals surface area contributed by atoms with E-state index in [4.69, 9.17) is 5.26 Å². The second kappa shape index (κ2) is 6.40. The minimum atomic E-state index is -0.254. The van der Waals surface area contributed by atoms with Crippen molar-refractivity contribution >= 4 is 11.8 Å². The summed E-state index contributed by atoms with van der Waals surface area (Å²) in [7, 11) is 3.37.